The van der Waals surface area contributed by atoms with E-state index in [-0.39, 0.29) is 12.8 Å². The Morgan fingerprint density at radius 3 is 2.53 bits per heavy atom. The summed E-state index contributed by atoms with van der Waals surface area (Å²) in [6.45, 7) is 8.33. The van der Waals surface area contributed by atoms with Gasteiger partial charge < -0.3 is 9.71 Å². The van der Waals surface area contributed by atoms with Crippen molar-refractivity contribution in [2.24, 2.45) is 5.92 Å². The van der Waals surface area contributed by atoms with Crippen LogP contribution in [0.2, 0.25) is 6.82 Å². The van der Waals surface area contributed by atoms with Gasteiger partial charge in [0.05, 0.1) is 5.82 Å². The van der Waals surface area contributed by atoms with Crippen LogP contribution >= 0.6 is 15.9 Å². The quantitative estimate of drug-likeness (QED) is 0.425. The SMILES string of the molecule is BC(F)(F)C1(C#CC2CC2)c2cc(C)c(Br)cc2N(B(C)Cc2ccccc2)C(=C)N1C. The van der Waals surface area contributed by atoms with Crippen molar-refractivity contribution in [2.75, 3.05) is 11.9 Å². The fraction of sp³-hybridized carbons (Fsp3) is 0.360. The van der Waals surface area contributed by atoms with E-state index >= 15 is 8.78 Å². The molecule has 0 bridgehead atoms. The maximum atomic E-state index is 15.5. The van der Waals surface area contributed by atoms with Crippen molar-refractivity contribution in [1.82, 2.24) is 4.90 Å². The number of fused-ring (bicyclic) bond motifs is 1. The van der Waals surface area contributed by atoms with E-state index in [1.165, 1.54) is 5.56 Å². The van der Waals surface area contributed by atoms with Crippen LogP contribution in [0.15, 0.2) is 59.3 Å². The van der Waals surface area contributed by atoms with E-state index in [0.29, 0.717) is 11.4 Å². The Balaban J connectivity index is 1.90. The Labute approximate surface area is 199 Å². The highest BCUT2D eigenvalue weighted by molar-refractivity contribution is 9.10. The molecule has 1 fully saturated rings. The van der Waals surface area contributed by atoms with E-state index in [4.69, 9.17) is 0 Å². The lowest BCUT2D eigenvalue weighted by Gasteiger charge is -2.53. The molecule has 0 aromatic heterocycles. The lowest BCUT2D eigenvalue weighted by atomic mass is 9.56. The standard InChI is InChI=1S/C25H27B2BrF2N2/c1-17-14-21-23(15-22(17)28)32(27(3)16-20-8-6-5-7-9-20)18(2)31(4)24(21,25(26,29)30)13-12-19-10-11-19/h5-9,14-15,19H,2,10-11,16,26H2,1,3-4H3. The minimum atomic E-state index is -3.10. The average molecular weight is 495 g/mol. The monoisotopic (exact) mass is 494 g/mol. The molecular weight excluding hydrogens is 468 g/mol. The van der Waals surface area contributed by atoms with Crippen molar-refractivity contribution < 1.29 is 8.78 Å². The molecule has 1 atom stereocenters. The Morgan fingerprint density at radius 2 is 1.94 bits per heavy atom. The van der Waals surface area contributed by atoms with E-state index in [1.807, 2.05) is 37.3 Å². The van der Waals surface area contributed by atoms with E-state index in [2.05, 4.69) is 58.1 Å². The predicted molar refractivity (Wildman–Crippen MR) is 136 cm³/mol. The van der Waals surface area contributed by atoms with Gasteiger partial charge in [-0.2, -0.15) is 0 Å². The molecule has 1 aliphatic carbocycles. The van der Waals surface area contributed by atoms with Gasteiger partial charge in [-0.3, -0.25) is 0 Å². The first-order chi connectivity index (χ1) is 15.1. The first kappa shape index (κ1) is 23.0. The first-order valence-corrected chi connectivity index (χ1v) is 11.8. The molecule has 1 saturated carbocycles. The zero-order valence-electron chi connectivity index (χ0n) is 19.1. The largest absolute Gasteiger partial charge is 0.373 e. The van der Waals surface area contributed by atoms with Crippen LogP contribution in [-0.2, 0) is 11.9 Å². The molecule has 0 radical (unpaired) electrons. The van der Waals surface area contributed by atoms with Crippen LogP contribution in [0.5, 0.6) is 0 Å². The van der Waals surface area contributed by atoms with Gasteiger partial charge in [-0.05, 0) is 43.8 Å². The van der Waals surface area contributed by atoms with Crippen LogP contribution in [0.3, 0.4) is 0 Å². The van der Waals surface area contributed by atoms with Crippen LogP contribution in [0, 0.1) is 24.7 Å². The van der Waals surface area contributed by atoms with Crippen LogP contribution in [0.1, 0.15) is 29.5 Å². The fourth-order valence-corrected chi connectivity index (χ4v) is 4.93. The molecule has 7 heteroatoms. The predicted octanol–water partition coefficient (Wildman–Crippen LogP) is 5.22. The van der Waals surface area contributed by atoms with E-state index < -0.39 is 11.4 Å². The molecule has 0 amide bonds. The highest BCUT2D eigenvalue weighted by Crippen LogP contribution is 2.51. The molecule has 2 aromatic rings. The van der Waals surface area contributed by atoms with Crippen molar-refractivity contribution >= 4 is 36.3 Å². The topological polar surface area (TPSA) is 6.48 Å². The lowest BCUT2D eigenvalue weighted by Crippen LogP contribution is -2.62. The molecule has 1 heterocycles. The summed E-state index contributed by atoms with van der Waals surface area (Å²) in [6, 6.07) is 14.0. The minimum absolute atomic E-state index is 0.0144. The molecule has 0 N–H and O–H groups in total. The number of hydrogen-bond acceptors (Lipinski definition) is 2. The summed E-state index contributed by atoms with van der Waals surface area (Å²) in [5, 5.41) is 0. The van der Waals surface area contributed by atoms with Gasteiger partial charge in [-0.15, -0.1) is 0 Å². The van der Waals surface area contributed by atoms with Crippen molar-refractivity contribution in [3.8, 4) is 11.8 Å². The smallest absolute Gasteiger partial charge is 0.263 e. The van der Waals surface area contributed by atoms with Gasteiger partial charge in [0, 0.05) is 28.7 Å². The fourth-order valence-electron chi connectivity index (χ4n) is 4.60. The van der Waals surface area contributed by atoms with Gasteiger partial charge >= 0.3 is 0 Å². The van der Waals surface area contributed by atoms with Crippen LogP contribution in [0.25, 0.3) is 0 Å². The Bertz CT molecular complexity index is 1100. The summed E-state index contributed by atoms with van der Waals surface area (Å²) >= 11 is 3.62. The van der Waals surface area contributed by atoms with E-state index in [1.54, 1.807) is 11.9 Å². The van der Waals surface area contributed by atoms with Gasteiger partial charge in [-0.1, -0.05) is 77.1 Å². The molecule has 2 aliphatic rings. The number of hydrogen-bond donors (Lipinski definition) is 0. The van der Waals surface area contributed by atoms with Gasteiger partial charge in [0.25, 0.3) is 6.85 Å². The summed E-state index contributed by atoms with van der Waals surface area (Å²) in [5.41, 5.74) is 1.60. The molecule has 0 saturated heterocycles. The highest BCUT2D eigenvalue weighted by atomic mass is 79.9. The molecule has 2 nitrogen and oxygen atoms in total. The number of rotatable bonds is 4. The Morgan fingerprint density at radius 1 is 1.28 bits per heavy atom. The second kappa shape index (κ2) is 8.30. The number of nitrogens with zero attached hydrogens (tertiary/aromatic N) is 2. The maximum absolute atomic E-state index is 15.5. The minimum Gasteiger partial charge on any atom is -0.373 e. The maximum Gasteiger partial charge on any atom is 0.263 e. The Kier molecular flexibility index (Phi) is 5.96. The highest BCUT2D eigenvalue weighted by Gasteiger charge is 2.58. The molecule has 4 rings (SSSR count). The third kappa shape index (κ3) is 3.88. The number of halogens is 3. The molecule has 164 valence electrons. The van der Waals surface area contributed by atoms with Crippen molar-refractivity contribution in [3.05, 3.63) is 76.0 Å². The van der Waals surface area contributed by atoms with Crippen molar-refractivity contribution in [2.45, 2.75) is 44.3 Å². The average Bonchev–Trinajstić information content (AvgIpc) is 3.55. The molecule has 1 aliphatic heterocycles. The molecule has 0 spiro atoms. The molecule has 32 heavy (non-hydrogen) atoms. The first-order valence-electron chi connectivity index (χ1n) is 11.0. The van der Waals surface area contributed by atoms with Gasteiger partial charge in [-0.25, -0.2) is 8.78 Å². The third-order valence-electron chi connectivity index (χ3n) is 6.58. The van der Waals surface area contributed by atoms with Crippen molar-refractivity contribution in [3.63, 3.8) is 0 Å². The van der Waals surface area contributed by atoms with Crippen LogP contribution in [0.4, 0.5) is 14.5 Å². The second-order valence-corrected chi connectivity index (χ2v) is 10.00. The number of aryl methyl sites for hydroxylation is 1. The summed E-state index contributed by atoms with van der Waals surface area (Å²) in [5.74, 6) is 3.84. The summed E-state index contributed by atoms with van der Waals surface area (Å²) in [6.07, 6.45) is 2.73. The Hall–Kier alpha value is -2.19. The van der Waals surface area contributed by atoms with Gasteiger partial charge in [0.15, 0.2) is 13.4 Å². The number of anilines is 1. The summed E-state index contributed by atoms with van der Waals surface area (Å²) < 4.78 is 31.9. The van der Waals surface area contributed by atoms with Gasteiger partial charge in [0.1, 0.15) is 0 Å². The zero-order valence-corrected chi connectivity index (χ0v) is 20.6. The third-order valence-corrected chi connectivity index (χ3v) is 7.43. The van der Waals surface area contributed by atoms with E-state index in [0.717, 1.165) is 42.7 Å². The van der Waals surface area contributed by atoms with Gasteiger partial charge in [0.2, 0.25) is 5.82 Å². The summed E-state index contributed by atoms with van der Waals surface area (Å²) in [4.78, 5) is 3.68. The van der Waals surface area contributed by atoms with Crippen LogP contribution < -0.4 is 4.81 Å². The number of alkyl halides is 2. The summed E-state index contributed by atoms with van der Waals surface area (Å²) in [7, 11) is 2.67. The molecule has 2 aromatic carbocycles. The number of benzene rings is 2. The lowest BCUT2D eigenvalue weighted by molar-refractivity contribution is -0.0367. The molecule has 1 unspecified atom stereocenters. The normalized spacial score (nSPS) is 20.5. The molecular formula is C25H27B2BrF2N2. The van der Waals surface area contributed by atoms with Crippen LogP contribution in [-0.4, -0.2) is 32.5 Å². The van der Waals surface area contributed by atoms with Crippen molar-refractivity contribution in [1.29, 1.82) is 0 Å². The second-order valence-electron chi connectivity index (χ2n) is 9.14. The van der Waals surface area contributed by atoms with E-state index in [9.17, 15) is 0 Å². The zero-order chi connectivity index (χ0) is 23.3.